The summed E-state index contributed by atoms with van der Waals surface area (Å²) in [7, 11) is 0. The Kier molecular flexibility index (Phi) is 7.01. The van der Waals surface area contributed by atoms with Crippen LogP contribution in [-0.2, 0) is 11.3 Å². The summed E-state index contributed by atoms with van der Waals surface area (Å²) in [6.07, 6.45) is -1.000. The van der Waals surface area contributed by atoms with Crippen LogP contribution in [0.15, 0.2) is 47.8 Å². The van der Waals surface area contributed by atoms with Crippen molar-refractivity contribution in [2.45, 2.75) is 21.0 Å². The first-order chi connectivity index (χ1) is 11.5. The Morgan fingerprint density at radius 1 is 1.24 bits per heavy atom. The van der Waals surface area contributed by atoms with Crippen molar-refractivity contribution in [3.63, 3.8) is 0 Å². The third kappa shape index (κ3) is 5.57. The number of nitro benzene ring substituents is 1. The molecule has 25 heavy (non-hydrogen) atoms. The lowest BCUT2D eigenvalue weighted by Gasteiger charge is -2.07. The number of carbonyl (C=O) groups excluding carboxylic acids is 1. The molecule has 0 radical (unpaired) electrons. The maximum Gasteiger partial charge on any atom is 0.514 e. The molecule has 9 heteroatoms. The Bertz CT molecular complexity index is 761. The van der Waals surface area contributed by atoms with Gasteiger partial charge >= 0.3 is 6.16 Å². The van der Waals surface area contributed by atoms with Crippen LogP contribution in [-0.4, -0.2) is 11.1 Å². The average Bonchev–Trinajstić information content (AvgIpc) is 2.55. The lowest BCUT2D eigenvalue weighted by Crippen LogP contribution is -2.11. The first-order valence-electron chi connectivity index (χ1n) is 6.76. The molecule has 1 N–H and O–H groups in total. The fourth-order valence-corrected chi connectivity index (χ4v) is 1.92. The van der Waals surface area contributed by atoms with Gasteiger partial charge in [-0.25, -0.2) is 10.2 Å². The molecular weight excluding hydrogens is 330 g/mol. The number of hydrogen-bond acceptors (Lipinski definition) is 7. The van der Waals surface area contributed by atoms with Gasteiger partial charge in [-0.05, 0) is 37.3 Å². The van der Waals surface area contributed by atoms with Gasteiger partial charge < -0.3 is 9.47 Å². The smallest absolute Gasteiger partial charge is 0.429 e. The molecule has 0 saturated carbocycles. The van der Waals surface area contributed by atoms with Crippen LogP contribution in [0.2, 0.25) is 0 Å². The summed E-state index contributed by atoms with van der Waals surface area (Å²) in [5, 5.41) is 13.5. The van der Waals surface area contributed by atoms with Gasteiger partial charge in [-0.3, -0.25) is 10.1 Å². The molecule has 0 atom stereocenters. The molecule has 0 saturated heterocycles. The van der Waals surface area contributed by atoms with Gasteiger partial charge in [0, 0.05) is 6.07 Å². The summed E-state index contributed by atoms with van der Waals surface area (Å²) >= 11 is 0. The molecule has 0 bridgehead atoms. The monoisotopic (exact) mass is 347 g/mol. The fourth-order valence-electron chi connectivity index (χ4n) is 1.92. The average molecular weight is 347 g/mol. The summed E-state index contributed by atoms with van der Waals surface area (Å²) in [6.45, 7) is 1.49. The normalized spacial score (nSPS) is 9.48. The van der Waals surface area contributed by atoms with Crippen LogP contribution < -0.4 is 10.2 Å². The van der Waals surface area contributed by atoms with E-state index >= 15 is 0 Å². The van der Waals surface area contributed by atoms with Crippen molar-refractivity contribution in [3.05, 3.63) is 68.6 Å². The molecule has 0 heterocycles. The van der Waals surface area contributed by atoms with E-state index < -0.39 is 11.1 Å². The van der Waals surface area contributed by atoms with Gasteiger partial charge in [-0.15, -0.1) is 4.91 Å². The maximum atomic E-state index is 11.7. The summed E-state index contributed by atoms with van der Waals surface area (Å²) < 4.78 is 9.84. The van der Waals surface area contributed by atoms with Crippen molar-refractivity contribution in [1.29, 1.82) is 0 Å². The molecule has 0 aliphatic rings. The Labute approximate surface area is 143 Å². The van der Waals surface area contributed by atoms with Crippen LogP contribution in [0.3, 0.4) is 0 Å². The van der Waals surface area contributed by atoms with E-state index in [4.69, 9.17) is 9.47 Å². The van der Waals surface area contributed by atoms with Crippen LogP contribution in [0, 0.1) is 21.9 Å². The number of nitroso groups, excluding NO2 is 1. The number of nitrogens with one attached hydrogen (secondary N) is 1. The number of carbonyl (C=O) groups is 1. The Morgan fingerprint density at radius 3 is 2.52 bits per heavy atom. The zero-order valence-electron chi connectivity index (χ0n) is 12.6. The lowest BCUT2D eigenvalue weighted by molar-refractivity contribution is -0.385. The van der Waals surface area contributed by atoms with E-state index in [9.17, 15) is 19.8 Å². The number of aryl methyl sites for hydroxylation is 1. The molecule has 0 unspecified atom stereocenters. The highest BCUT2D eigenvalue weighted by atomic mass is 16.7. The topological polar surface area (TPSA) is 120 Å². The van der Waals surface area contributed by atoms with Gasteiger partial charge in [-0.2, -0.15) is 0 Å². The Balaban J connectivity index is 0.00000312. The Morgan fingerprint density at radius 2 is 1.92 bits per heavy atom. The van der Waals surface area contributed by atoms with Crippen LogP contribution >= 0.6 is 0 Å². The first kappa shape index (κ1) is 19.6. The molecule has 0 spiro atoms. The van der Waals surface area contributed by atoms with Crippen LogP contribution in [0.1, 0.15) is 18.6 Å². The fraction of sp³-hybridized carbons (Fsp3) is 0.188. The van der Waals surface area contributed by atoms with E-state index in [1.807, 2.05) is 0 Å². The minimum absolute atomic E-state index is 0. The number of nitro groups is 1. The summed E-state index contributed by atoms with van der Waals surface area (Å²) in [6, 6.07) is 10.4. The summed E-state index contributed by atoms with van der Waals surface area (Å²) in [4.78, 5) is 32.1. The van der Waals surface area contributed by atoms with Crippen molar-refractivity contribution in [2.75, 3.05) is 5.43 Å². The maximum absolute atomic E-state index is 11.7. The molecule has 0 amide bonds. The standard InChI is InChI=1S/C15H13N3O6.CH4/c1-10-2-7-14(18(21)22)11(8-10)9-23-15(19)24-13-5-3-12(4-6-13)16-17-20;/h2-8H,9H2,1H3,(H,16,20);1H4. The minimum atomic E-state index is -1.000. The molecule has 0 aliphatic carbocycles. The number of anilines is 1. The lowest BCUT2D eigenvalue weighted by atomic mass is 10.1. The molecule has 2 aromatic rings. The molecule has 0 aromatic heterocycles. The first-order valence-corrected chi connectivity index (χ1v) is 6.76. The van der Waals surface area contributed by atoms with E-state index in [1.165, 1.54) is 30.3 Å². The quantitative estimate of drug-likeness (QED) is 0.271. The zero-order valence-corrected chi connectivity index (χ0v) is 12.6. The van der Waals surface area contributed by atoms with Crippen LogP contribution in [0.4, 0.5) is 16.2 Å². The number of benzene rings is 2. The van der Waals surface area contributed by atoms with Gasteiger partial charge in [0.25, 0.3) is 5.69 Å². The highest BCUT2D eigenvalue weighted by molar-refractivity contribution is 5.64. The second kappa shape index (κ2) is 8.96. The predicted molar refractivity (Wildman–Crippen MR) is 91.2 cm³/mol. The molecule has 0 fully saturated rings. The molecule has 9 nitrogen and oxygen atoms in total. The highest BCUT2D eigenvalue weighted by Gasteiger charge is 2.16. The highest BCUT2D eigenvalue weighted by Crippen LogP contribution is 2.21. The molecule has 2 aromatic carbocycles. The Hall–Kier alpha value is -3.49. The third-order valence-electron chi connectivity index (χ3n) is 3.01. The van der Waals surface area contributed by atoms with E-state index in [1.54, 1.807) is 19.1 Å². The summed E-state index contributed by atoms with van der Waals surface area (Å²) in [5.74, 6) is 0.190. The van der Waals surface area contributed by atoms with E-state index in [0.29, 0.717) is 5.69 Å². The SMILES string of the molecule is C.Cc1ccc([N+](=O)[O-])c(COC(=O)Oc2ccc(NN=O)cc2)c1. The van der Waals surface area contributed by atoms with Crippen molar-refractivity contribution in [2.24, 2.45) is 5.29 Å². The van der Waals surface area contributed by atoms with Crippen molar-refractivity contribution >= 4 is 17.5 Å². The van der Waals surface area contributed by atoms with Crippen LogP contribution in [0.25, 0.3) is 0 Å². The van der Waals surface area contributed by atoms with Crippen molar-refractivity contribution < 1.29 is 19.2 Å². The van der Waals surface area contributed by atoms with Gasteiger partial charge in [0.05, 0.1) is 21.5 Å². The van der Waals surface area contributed by atoms with Gasteiger partial charge in [0.1, 0.15) is 12.4 Å². The molecular formula is C16H17N3O6. The van der Waals surface area contributed by atoms with E-state index in [2.05, 4.69) is 10.7 Å². The number of nitrogens with zero attached hydrogens (tertiary/aromatic N) is 2. The molecule has 132 valence electrons. The van der Waals surface area contributed by atoms with Gasteiger partial charge in [-0.1, -0.05) is 19.1 Å². The van der Waals surface area contributed by atoms with Crippen molar-refractivity contribution in [3.8, 4) is 5.75 Å². The second-order valence-electron chi connectivity index (χ2n) is 4.76. The minimum Gasteiger partial charge on any atom is -0.429 e. The van der Waals surface area contributed by atoms with Gasteiger partial charge in [0.15, 0.2) is 0 Å². The molecule has 2 rings (SSSR count). The predicted octanol–water partition coefficient (Wildman–Crippen LogP) is 4.35. The van der Waals surface area contributed by atoms with Crippen LogP contribution in [0.5, 0.6) is 5.75 Å². The second-order valence-corrected chi connectivity index (χ2v) is 4.76. The van der Waals surface area contributed by atoms with E-state index in [0.717, 1.165) is 5.56 Å². The van der Waals surface area contributed by atoms with E-state index in [-0.39, 0.29) is 31.0 Å². The number of ether oxygens (including phenoxy) is 2. The van der Waals surface area contributed by atoms with Crippen molar-refractivity contribution in [1.82, 2.24) is 0 Å². The third-order valence-corrected chi connectivity index (χ3v) is 3.01. The summed E-state index contributed by atoms with van der Waals surface area (Å²) in [5.41, 5.74) is 3.57. The number of rotatable bonds is 6. The molecule has 0 aliphatic heterocycles. The zero-order chi connectivity index (χ0) is 17.5. The number of hydrogen-bond donors (Lipinski definition) is 1. The van der Waals surface area contributed by atoms with Gasteiger partial charge in [0.2, 0.25) is 0 Å². The largest absolute Gasteiger partial charge is 0.514 e.